The molecule has 80 valence electrons. The van der Waals surface area contributed by atoms with E-state index < -0.39 is 0 Å². The van der Waals surface area contributed by atoms with Crippen LogP contribution in [0.4, 0.5) is 0 Å². The second kappa shape index (κ2) is 3.20. The predicted octanol–water partition coefficient (Wildman–Crippen LogP) is 2.27. The van der Waals surface area contributed by atoms with Gasteiger partial charge in [0.2, 0.25) is 0 Å². The van der Waals surface area contributed by atoms with Gasteiger partial charge in [-0.25, -0.2) is 4.98 Å². The van der Waals surface area contributed by atoms with E-state index >= 15 is 0 Å². The molecule has 4 heteroatoms. The van der Waals surface area contributed by atoms with E-state index in [1.807, 2.05) is 24.7 Å². The fraction of sp³-hybridized carbons (Fsp3) is 0.167. The highest BCUT2D eigenvalue weighted by atomic mass is 15.1. The summed E-state index contributed by atoms with van der Waals surface area (Å²) in [6, 6.07) is 6.21. The van der Waals surface area contributed by atoms with E-state index in [0.29, 0.717) is 0 Å². The molecule has 1 N–H and O–H groups in total. The number of nitrogens with zero attached hydrogens (tertiary/aromatic N) is 3. The van der Waals surface area contributed by atoms with Crippen LogP contribution in [0.5, 0.6) is 0 Å². The van der Waals surface area contributed by atoms with Gasteiger partial charge in [0.15, 0.2) is 0 Å². The number of rotatable bonds is 1. The Hall–Kier alpha value is -2.10. The zero-order valence-corrected chi connectivity index (χ0v) is 9.23. The highest BCUT2D eigenvalue weighted by Gasteiger charge is 2.05. The van der Waals surface area contributed by atoms with Crippen LogP contribution in [0.25, 0.3) is 22.2 Å². The molecule has 2 aromatic heterocycles. The van der Waals surface area contributed by atoms with Crippen LogP contribution in [0.2, 0.25) is 0 Å². The Labute approximate surface area is 92.9 Å². The van der Waals surface area contributed by atoms with Gasteiger partial charge < -0.3 is 4.57 Å². The van der Waals surface area contributed by atoms with E-state index in [9.17, 15) is 0 Å². The lowest BCUT2D eigenvalue weighted by Gasteiger charge is -1.96. The summed E-state index contributed by atoms with van der Waals surface area (Å²) in [6.07, 6.45) is 3.80. The van der Waals surface area contributed by atoms with Crippen LogP contribution in [-0.4, -0.2) is 19.7 Å². The van der Waals surface area contributed by atoms with E-state index in [1.54, 1.807) is 6.33 Å². The molecule has 0 saturated carbocycles. The third kappa shape index (κ3) is 1.31. The Kier molecular flexibility index (Phi) is 1.83. The number of imidazole rings is 1. The SMILES string of the molecule is Cc1[nH]nc2cc(-c3cn(C)cn3)ccc12. The molecule has 0 amide bonds. The quantitative estimate of drug-likeness (QED) is 0.672. The molecule has 0 aliphatic heterocycles. The van der Waals surface area contributed by atoms with E-state index in [0.717, 1.165) is 22.5 Å². The molecule has 4 nitrogen and oxygen atoms in total. The molecule has 2 heterocycles. The topological polar surface area (TPSA) is 46.5 Å². The molecule has 16 heavy (non-hydrogen) atoms. The first-order valence-electron chi connectivity index (χ1n) is 5.17. The minimum absolute atomic E-state index is 0.977. The zero-order chi connectivity index (χ0) is 11.1. The Morgan fingerprint density at radius 1 is 1.31 bits per heavy atom. The summed E-state index contributed by atoms with van der Waals surface area (Å²) in [5.41, 5.74) is 4.16. The largest absolute Gasteiger partial charge is 0.340 e. The van der Waals surface area contributed by atoms with E-state index in [-0.39, 0.29) is 0 Å². The minimum Gasteiger partial charge on any atom is -0.340 e. The van der Waals surface area contributed by atoms with Gasteiger partial charge in [-0.1, -0.05) is 12.1 Å². The average Bonchev–Trinajstić information content (AvgIpc) is 2.86. The third-order valence-electron chi connectivity index (χ3n) is 2.75. The Morgan fingerprint density at radius 3 is 2.94 bits per heavy atom. The summed E-state index contributed by atoms with van der Waals surface area (Å²) in [5.74, 6) is 0. The van der Waals surface area contributed by atoms with Crippen LogP contribution in [0, 0.1) is 6.92 Å². The lowest BCUT2D eigenvalue weighted by molar-refractivity contribution is 0.913. The van der Waals surface area contributed by atoms with Crippen LogP contribution >= 0.6 is 0 Å². The molecule has 0 unspecified atom stereocenters. The van der Waals surface area contributed by atoms with Crippen molar-refractivity contribution < 1.29 is 0 Å². The van der Waals surface area contributed by atoms with Crippen molar-refractivity contribution in [3.63, 3.8) is 0 Å². The molecule has 0 atom stereocenters. The fourth-order valence-corrected chi connectivity index (χ4v) is 1.87. The summed E-state index contributed by atoms with van der Waals surface area (Å²) in [7, 11) is 1.97. The molecular weight excluding hydrogens is 200 g/mol. The van der Waals surface area contributed by atoms with Crippen molar-refractivity contribution in [2.45, 2.75) is 6.92 Å². The van der Waals surface area contributed by atoms with Crippen LogP contribution in [0.15, 0.2) is 30.7 Å². The van der Waals surface area contributed by atoms with Crippen molar-refractivity contribution in [2.24, 2.45) is 7.05 Å². The first kappa shape index (κ1) is 9.15. The van der Waals surface area contributed by atoms with Crippen LogP contribution in [0.3, 0.4) is 0 Å². The predicted molar refractivity (Wildman–Crippen MR) is 63.0 cm³/mol. The van der Waals surface area contributed by atoms with Crippen molar-refractivity contribution in [3.8, 4) is 11.3 Å². The lowest BCUT2D eigenvalue weighted by atomic mass is 10.1. The van der Waals surface area contributed by atoms with Crippen molar-refractivity contribution in [2.75, 3.05) is 0 Å². The van der Waals surface area contributed by atoms with Crippen LogP contribution in [0.1, 0.15) is 5.69 Å². The Morgan fingerprint density at radius 2 is 2.19 bits per heavy atom. The first-order valence-corrected chi connectivity index (χ1v) is 5.17. The normalized spacial score (nSPS) is 11.1. The Bertz CT molecular complexity index is 648. The molecule has 3 rings (SSSR count). The molecule has 1 aromatic carbocycles. The fourth-order valence-electron chi connectivity index (χ4n) is 1.87. The maximum absolute atomic E-state index is 4.32. The van der Waals surface area contributed by atoms with Gasteiger partial charge >= 0.3 is 0 Å². The molecule has 0 fully saturated rings. The molecule has 0 saturated heterocycles. The molecular formula is C12H12N4. The second-order valence-corrected chi connectivity index (χ2v) is 4.00. The highest BCUT2D eigenvalue weighted by Crippen LogP contribution is 2.23. The van der Waals surface area contributed by atoms with Gasteiger partial charge in [-0.15, -0.1) is 0 Å². The summed E-state index contributed by atoms with van der Waals surface area (Å²) in [4.78, 5) is 4.32. The number of benzene rings is 1. The van der Waals surface area contributed by atoms with Crippen molar-refractivity contribution in [1.29, 1.82) is 0 Å². The molecule has 0 spiro atoms. The summed E-state index contributed by atoms with van der Waals surface area (Å²) >= 11 is 0. The van der Waals surface area contributed by atoms with Crippen molar-refractivity contribution in [3.05, 3.63) is 36.4 Å². The summed E-state index contributed by atoms with van der Waals surface area (Å²) in [6.45, 7) is 2.02. The maximum Gasteiger partial charge on any atom is 0.0951 e. The number of aromatic amines is 1. The highest BCUT2D eigenvalue weighted by molar-refractivity contribution is 5.85. The van der Waals surface area contributed by atoms with Gasteiger partial charge in [0.05, 0.1) is 17.5 Å². The number of aromatic nitrogens is 4. The standard InChI is InChI=1S/C12H12N4/c1-8-10-4-3-9(5-11(10)15-14-8)12-6-16(2)7-13-12/h3-7H,1-2H3,(H,14,15). The van der Waals surface area contributed by atoms with Crippen LogP contribution in [-0.2, 0) is 7.05 Å². The van der Waals surface area contributed by atoms with Gasteiger partial charge in [0, 0.05) is 29.9 Å². The summed E-state index contributed by atoms with van der Waals surface area (Å²) < 4.78 is 1.94. The summed E-state index contributed by atoms with van der Waals surface area (Å²) in [5, 5.41) is 8.40. The van der Waals surface area contributed by atoms with Crippen LogP contribution < -0.4 is 0 Å². The van der Waals surface area contributed by atoms with Crippen molar-refractivity contribution in [1.82, 2.24) is 19.7 Å². The molecule has 3 aromatic rings. The van der Waals surface area contributed by atoms with Gasteiger partial charge in [-0.2, -0.15) is 5.10 Å². The molecule has 0 aliphatic rings. The Balaban J connectivity index is 2.18. The monoisotopic (exact) mass is 212 g/mol. The third-order valence-corrected chi connectivity index (χ3v) is 2.75. The van der Waals surface area contributed by atoms with Gasteiger partial charge in [-0.3, -0.25) is 5.10 Å². The maximum atomic E-state index is 4.32. The zero-order valence-electron chi connectivity index (χ0n) is 9.23. The number of hydrogen-bond acceptors (Lipinski definition) is 2. The minimum atomic E-state index is 0.977. The number of hydrogen-bond donors (Lipinski definition) is 1. The molecule has 0 bridgehead atoms. The average molecular weight is 212 g/mol. The lowest BCUT2D eigenvalue weighted by Crippen LogP contribution is -1.79. The van der Waals surface area contributed by atoms with Gasteiger partial charge in [-0.05, 0) is 13.0 Å². The van der Waals surface area contributed by atoms with E-state index in [1.165, 1.54) is 5.39 Å². The van der Waals surface area contributed by atoms with Crippen molar-refractivity contribution >= 4 is 10.9 Å². The second-order valence-electron chi connectivity index (χ2n) is 4.00. The number of aryl methyl sites for hydroxylation is 2. The molecule has 0 radical (unpaired) electrons. The first-order chi connectivity index (χ1) is 7.74. The number of fused-ring (bicyclic) bond motifs is 1. The molecule has 0 aliphatic carbocycles. The van der Waals surface area contributed by atoms with Gasteiger partial charge in [0.1, 0.15) is 0 Å². The number of nitrogens with one attached hydrogen (secondary N) is 1. The van der Waals surface area contributed by atoms with Gasteiger partial charge in [0.25, 0.3) is 0 Å². The van der Waals surface area contributed by atoms with E-state index in [4.69, 9.17) is 0 Å². The smallest absolute Gasteiger partial charge is 0.0951 e. The van der Waals surface area contributed by atoms with E-state index in [2.05, 4.69) is 33.4 Å². The number of H-pyrrole nitrogens is 1.